The van der Waals surface area contributed by atoms with Crippen LogP contribution in [0.4, 0.5) is 4.39 Å². The molecule has 0 aliphatic rings. The Kier molecular flexibility index (Phi) is 2.29. The number of thiophene rings is 1. The SMILES string of the molecule is COc1ccc(F)c2c(OC)csc12. The summed E-state index contributed by atoms with van der Waals surface area (Å²) in [6.45, 7) is 0. The van der Waals surface area contributed by atoms with Crippen molar-refractivity contribution in [3.63, 3.8) is 0 Å². The van der Waals surface area contributed by atoms with Gasteiger partial charge in [-0.1, -0.05) is 0 Å². The van der Waals surface area contributed by atoms with E-state index in [2.05, 4.69) is 0 Å². The van der Waals surface area contributed by atoms with Gasteiger partial charge in [0.1, 0.15) is 17.3 Å². The Labute approximate surface area is 84.9 Å². The lowest BCUT2D eigenvalue weighted by Crippen LogP contribution is -1.86. The zero-order valence-electron chi connectivity index (χ0n) is 7.83. The number of rotatable bonds is 2. The van der Waals surface area contributed by atoms with Crippen molar-refractivity contribution in [3.8, 4) is 11.5 Å². The summed E-state index contributed by atoms with van der Waals surface area (Å²) in [5.41, 5.74) is 0. The van der Waals surface area contributed by atoms with Crippen molar-refractivity contribution in [1.82, 2.24) is 0 Å². The van der Waals surface area contributed by atoms with Crippen LogP contribution in [0.25, 0.3) is 10.1 Å². The van der Waals surface area contributed by atoms with Crippen LogP contribution in [0.3, 0.4) is 0 Å². The summed E-state index contributed by atoms with van der Waals surface area (Å²) in [7, 11) is 3.10. The molecule has 0 saturated carbocycles. The maximum atomic E-state index is 13.5. The van der Waals surface area contributed by atoms with Crippen LogP contribution in [0.2, 0.25) is 0 Å². The first-order valence-electron chi connectivity index (χ1n) is 4.05. The normalized spacial score (nSPS) is 10.5. The van der Waals surface area contributed by atoms with E-state index in [0.29, 0.717) is 16.9 Å². The van der Waals surface area contributed by atoms with Gasteiger partial charge in [-0.15, -0.1) is 11.3 Å². The van der Waals surface area contributed by atoms with Gasteiger partial charge in [0, 0.05) is 5.38 Å². The van der Waals surface area contributed by atoms with Crippen LogP contribution in [0.5, 0.6) is 11.5 Å². The first kappa shape index (κ1) is 9.27. The summed E-state index contributed by atoms with van der Waals surface area (Å²) in [4.78, 5) is 0. The molecule has 0 atom stereocenters. The molecule has 2 nitrogen and oxygen atoms in total. The highest BCUT2D eigenvalue weighted by atomic mass is 32.1. The molecule has 4 heteroatoms. The number of fused-ring (bicyclic) bond motifs is 1. The van der Waals surface area contributed by atoms with Crippen molar-refractivity contribution in [1.29, 1.82) is 0 Å². The molecule has 0 spiro atoms. The molecule has 0 amide bonds. The summed E-state index contributed by atoms with van der Waals surface area (Å²) in [6, 6.07) is 3.00. The number of methoxy groups -OCH3 is 2. The van der Waals surface area contributed by atoms with Crippen LogP contribution < -0.4 is 9.47 Å². The van der Waals surface area contributed by atoms with E-state index >= 15 is 0 Å². The monoisotopic (exact) mass is 212 g/mol. The average molecular weight is 212 g/mol. The van der Waals surface area contributed by atoms with E-state index < -0.39 is 0 Å². The Morgan fingerprint density at radius 2 is 1.86 bits per heavy atom. The third kappa shape index (κ3) is 1.23. The van der Waals surface area contributed by atoms with Gasteiger partial charge in [0.2, 0.25) is 0 Å². The lowest BCUT2D eigenvalue weighted by molar-refractivity contribution is 0.415. The van der Waals surface area contributed by atoms with Gasteiger partial charge in [-0.05, 0) is 12.1 Å². The van der Waals surface area contributed by atoms with E-state index in [1.165, 1.54) is 24.5 Å². The van der Waals surface area contributed by atoms with Gasteiger partial charge in [0.25, 0.3) is 0 Å². The fourth-order valence-corrected chi connectivity index (χ4v) is 2.39. The van der Waals surface area contributed by atoms with E-state index in [1.54, 1.807) is 18.6 Å². The number of hydrogen-bond acceptors (Lipinski definition) is 3. The molecule has 2 aromatic rings. The number of ether oxygens (including phenoxy) is 2. The number of hydrogen-bond donors (Lipinski definition) is 0. The molecule has 0 unspecified atom stereocenters. The van der Waals surface area contributed by atoms with E-state index in [4.69, 9.17) is 9.47 Å². The Morgan fingerprint density at radius 3 is 2.50 bits per heavy atom. The van der Waals surface area contributed by atoms with Gasteiger partial charge in [0.15, 0.2) is 0 Å². The van der Waals surface area contributed by atoms with Crippen molar-refractivity contribution < 1.29 is 13.9 Å². The minimum atomic E-state index is -0.279. The van der Waals surface area contributed by atoms with Gasteiger partial charge in [-0.3, -0.25) is 0 Å². The van der Waals surface area contributed by atoms with Crippen molar-refractivity contribution in [3.05, 3.63) is 23.3 Å². The van der Waals surface area contributed by atoms with Gasteiger partial charge in [0.05, 0.1) is 24.3 Å². The number of benzene rings is 1. The molecule has 0 radical (unpaired) electrons. The summed E-state index contributed by atoms with van der Waals surface area (Å²) in [5.74, 6) is 0.954. The fraction of sp³-hybridized carbons (Fsp3) is 0.200. The second-order valence-electron chi connectivity index (χ2n) is 2.76. The first-order valence-corrected chi connectivity index (χ1v) is 4.93. The maximum Gasteiger partial charge on any atom is 0.140 e. The predicted molar refractivity (Wildman–Crippen MR) is 54.9 cm³/mol. The highest BCUT2D eigenvalue weighted by molar-refractivity contribution is 7.18. The maximum absolute atomic E-state index is 13.5. The van der Waals surface area contributed by atoms with Crippen LogP contribution in [0, 0.1) is 5.82 Å². The Morgan fingerprint density at radius 1 is 1.14 bits per heavy atom. The van der Waals surface area contributed by atoms with Crippen LogP contribution in [-0.2, 0) is 0 Å². The van der Waals surface area contributed by atoms with Gasteiger partial charge >= 0.3 is 0 Å². The molecule has 0 aliphatic carbocycles. The van der Waals surface area contributed by atoms with Gasteiger partial charge < -0.3 is 9.47 Å². The van der Waals surface area contributed by atoms with Crippen LogP contribution in [0.1, 0.15) is 0 Å². The minimum Gasteiger partial charge on any atom is -0.495 e. The minimum absolute atomic E-state index is 0.279. The second-order valence-corrected chi connectivity index (χ2v) is 3.64. The summed E-state index contributed by atoms with van der Waals surface area (Å²) >= 11 is 1.41. The Bertz CT molecular complexity index is 464. The average Bonchev–Trinajstić information content (AvgIpc) is 2.63. The third-order valence-electron chi connectivity index (χ3n) is 2.04. The molecule has 0 saturated heterocycles. The smallest absolute Gasteiger partial charge is 0.140 e. The van der Waals surface area contributed by atoms with E-state index in [-0.39, 0.29) is 5.82 Å². The molecular formula is C10H9FO2S. The van der Waals surface area contributed by atoms with Crippen molar-refractivity contribution in [2.75, 3.05) is 14.2 Å². The Hall–Kier alpha value is -1.29. The highest BCUT2D eigenvalue weighted by Gasteiger charge is 2.13. The molecule has 0 N–H and O–H groups in total. The molecule has 0 bridgehead atoms. The van der Waals surface area contributed by atoms with Gasteiger partial charge in [-0.25, -0.2) is 4.39 Å². The van der Waals surface area contributed by atoms with Crippen LogP contribution in [0.15, 0.2) is 17.5 Å². The van der Waals surface area contributed by atoms with Crippen molar-refractivity contribution in [2.24, 2.45) is 0 Å². The van der Waals surface area contributed by atoms with Crippen molar-refractivity contribution >= 4 is 21.4 Å². The topological polar surface area (TPSA) is 18.5 Å². The quantitative estimate of drug-likeness (QED) is 0.761. The predicted octanol–water partition coefficient (Wildman–Crippen LogP) is 3.06. The van der Waals surface area contributed by atoms with E-state index in [1.807, 2.05) is 0 Å². The van der Waals surface area contributed by atoms with E-state index in [9.17, 15) is 4.39 Å². The van der Waals surface area contributed by atoms with Crippen molar-refractivity contribution in [2.45, 2.75) is 0 Å². The fourth-order valence-electron chi connectivity index (χ4n) is 1.37. The highest BCUT2D eigenvalue weighted by Crippen LogP contribution is 2.39. The molecule has 14 heavy (non-hydrogen) atoms. The zero-order valence-corrected chi connectivity index (χ0v) is 8.65. The second kappa shape index (κ2) is 3.46. The lowest BCUT2D eigenvalue weighted by atomic mass is 10.2. The number of halogens is 1. The molecular weight excluding hydrogens is 203 g/mol. The molecule has 2 rings (SSSR count). The summed E-state index contributed by atoms with van der Waals surface area (Å²) in [5, 5.41) is 2.27. The largest absolute Gasteiger partial charge is 0.495 e. The zero-order chi connectivity index (χ0) is 10.1. The molecule has 1 aromatic carbocycles. The standard InChI is InChI=1S/C10H9FO2S/c1-12-7-4-3-6(11)9-8(13-2)5-14-10(7)9/h3-5H,1-2H3. The molecule has 1 aromatic heterocycles. The summed E-state index contributed by atoms with van der Waals surface area (Å²) in [6.07, 6.45) is 0. The third-order valence-corrected chi connectivity index (χ3v) is 3.01. The van der Waals surface area contributed by atoms with Crippen LogP contribution >= 0.6 is 11.3 Å². The molecule has 1 heterocycles. The lowest BCUT2D eigenvalue weighted by Gasteiger charge is -2.02. The van der Waals surface area contributed by atoms with Crippen LogP contribution in [-0.4, -0.2) is 14.2 Å². The first-order chi connectivity index (χ1) is 6.77. The van der Waals surface area contributed by atoms with E-state index in [0.717, 1.165) is 4.70 Å². The molecule has 0 aliphatic heterocycles. The molecule has 0 fully saturated rings. The molecule has 74 valence electrons. The Balaban J connectivity index is 2.80. The van der Waals surface area contributed by atoms with Gasteiger partial charge in [-0.2, -0.15) is 0 Å². The summed E-state index contributed by atoms with van der Waals surface area (Å²) < 4.78 is 24.4.